The Morgan fingerprint density at radius 3 is 2.70 bits per heavy atom. The lowest BCUT2D eigenvalue weighted by atomic mass is 10.1. The van der Waals surface area contributed by atoms with E-state index in [2.05, 4.69) is 46.3 Å². The number of fused-ring (bicyclic) bond motifs is 2. The van der Waals surface area contributed by atoms with Crippen molar-refractivity contribution < 1.29 is 9.18 Å². The molecule has 1 amide bonds. The molecule has 0 unspecified atom stereocenters. The molecule has 3 heterocycles. The van der Waals surface area contributed by atoms with Crippen LogP contribution in [0.1, 0.15) is 21.7 Å². The predicted octanol–water partition coefficient (Wildman–Crippen LogP) is 4.84. The van der Waals surface area contributed by atoms with Gasteiger partial charge < -0.3 is 10.2 Å². The summed E-state index contributed by atoms with van der Waals surface area (Å²) >= 11 is 1.44. The second-order valence-electron chi connectivity index (χ2n) is 8.58. The lowest BCUT2D eigenvalue weighted by molar-refractivity contribution is 0.0955. The van der Waals surface area contributed by atoms with Crippen LogP contribution in [0.5, 0.6) is 0 Å². The summed E-state index contributed by atoms with van der Waals surface area (Å²) in [7, 11) is 0. The van der Waals surface area contributed by atoms with Gasteiger partial charge in [-0.1, -0.05) is 24.3 Å². The zero-order valence-electron chi connectivity index (χ0n) is 18.7. The van der Waals surface area contributed by atoms with Crippen LogP contribution in [0, 0.1) is 12.7 Å². The van der Waals surface area contributed by atoms with Gasteiger partial charge in [0.1, 0.15) is 10.6 Å². The Labute approximate surface area is 196 Å². The number of hydrogen-bond donors (Lipinski definition) is 1. The highest BCUT2D eigenvalue weighted by Gasteiger charge is 2.19. The minimum atomic E-state index is -0.159. The summed E-state index contributed by atoms with van der Waals surface area (Å²) in [4.78, 5) is 23.5. The van der Waals surface area contributed by atoms with Crippen molar-refractivity contribution in [1.82, 2.24) is 15.2 Å². The monoisotopic (exact) mass is 462 g/mol. The molecule has 1 saturated heterocycles. The fourth-order valence-corrected chi connectivity index (χ4v) is 5.30. The first-order valence-electron chi connectivity index (χ1n) is 11.4. The fraction of sp³-hybridized carbons (Fsp3) is 0.308. The third-order valence-electron chi connectivity index (χ3n) is 6.19. The van der Waals surface area contributed by atoms with E-state index in [1.54, 1.807) is 6.07 Å². The van der Waals surface area contributed by atoms with E-state index in [1.807, 2.05) is 18.2 Å². The number of thiophene rings is 1. The Kier molecular flexibility index (Phi) is 6.24. The molecule has 5 nitrogen and oxygen atoms in total. The van der Waals surface area contributed by atoms with Gasteiger partial charge in [0.15, 0.2) is 0 Å². The van der Waals surface area contributed by atoms with Gasteiger partial charge in [0.2, 0.25) is 0 Å². The van der Waals surface area contributed by atoms with Gasteiger partial charge in [0.05, 0.1) is 16.1 Å². The zero-order chi connectivity index (χ0) is 22.8. The largest absolute Gasteiger partial charge is 0.367 e. The number of anilines is 1. The summed E-state index contributed by atoms with van der Waals surface area (Å²) in [5.74, 6) is -0.198. The number of benzene rings is 2. The van der Waals surface area contributed by atoms with Crippen molar-refractivity contribution in [3.63, 3.8) is 0 Å². The minimum absolute atomic E-state index is 0.0393. The number of piperazine rings is 1. The van der Waals surface area contributed by atoms with E-state index in [0.29, 0.717) is 17.1 Å². The molecular formula is C26H27FN4OS. The number of carbonyl (C=O) groups is 1. The topological polar surface area (TPSA) is 48.5 Å². The van der Waals surface area contributed by atoms with E-state index in [0.717, 1.165) is 60.3 Å². The summed E-state index contributed by atoms with van der Waals surface area (Å²) in [6.45, 7) is 7.04. The molecule has 0 saturated carbocycles. The maximum Gasteiger partial charge on any atom is 0.261 e. The quantitative estimate of drug-likeness (QED) is 0.417. The predicted molar refractivity (Wildman–Crippen MR) is 134 cm³/mol. The first kappa shape index (κ1) is 21.8. The number of amides is 1. The SMILES string of the molecule is Cc1ccc2cc3cc(C(=O)NCCCN4CCN(c5ccccc5F)CC4)sc3nc2c1. The van der Waals surface area contributed by atoms with Crippen LogP contribution in [0.2, 0.25) is 0 Å². The van der Waals surface area contributed by atoms with Crippen LogP contribution in [0.25, 0.3) is 21.1 Å². The molecule has 4 aromatic rings. The van der Waals surface area contributed by atoms with Crippen molar-refractivity contribution in [1.29, 1.82) is 0 Å². The van der Waals surface area contributed by atoms with Gasteiger partial charge in [-0.3, -0.25) is 9.69 Å². The summed E-state index contributed by atoms with van der Waals surface area (Å²) in [5, 5.41) is 5.15. The van der Waals surface area contributed by atoms with Crippen molar-refractivity contribution in [2.24, 2.45) is 0 Å². The summed E-state index contributed by atoms with van der Waals surface area (Å²) < 4.78 is 14.0. The second kappa shape index (κ2) is 9.45. The van der Waals surface area contributed by atoms with Crippen LogP contribution in [0.4, 0.5) is 10.1 Å². The number of pyridine rings is 1. The molecular weight excluding hydrogens is 435 g/mol. The Bertz CT molecular complexity index is 1300. The average molecular weight is 463 g/mol. The van der Waals surface area contributed by atoms with Crippen LogP contribution < -0.4 is 10.2 Å². The number of nitrogens with one attached hydrogen (secondary N) is 1. The number of aryl methyl sites for hydroxylation is 1. The van der Waals surface area contributed by atoms with E-state index in [1.165, 1.54) is 23.0 Å². The van der Waals surface area contributed by atoms with Crippen molar-refractivity contribution >= 4 is 44.1 Å². The molecule has 170 valence electrons. The molecule has 7 heteroatoms. The van der Waals surface area contributed by atoms with Crippen molar-refractivity contribution in [3.8, 4) is 0 Å². The lowest BCUT2D eigenvalue weighted by Gasteiger charge is -2.36. The second-order valence-corrected chi connectivity index (χ2v) is 9.61. The molecule has 1 fully saturated rings. The molecule has 2 aromatic heterocycles. The Morgan fingerprint density at radius 1 is 1.06 bits per heavy atom. The van der Waals surface area contributed by atoms with E-state index in [-0.39, 0.29) is 11.7 Å². The van der Waals surface area contributed by atoms with Gasteiger partial charge in [-0.05, 0) is 55.8 Å². The smallest absolute Gasteiger partial charge is 0.261 e. The highest BCUT2D eigenvalue weighted by Crippen LogP contribution is 2.28. The van der Waals surface area contributed by atoms with Crippen LogP contribution in [-0.2, 0) is 0 Å². The lowest BCUT2D eigenvalue weighted by Crippen LogP contribution is -2.47. The van der Waals surface area contributed by atoms with Gasteiger partial charge in [0.25, 0.3) is 5.91 Å². The molecule has 1 N–H and O–H groups in total. The van der Waals surface area contributed by atoms with Gasteiger partial charge in [-0.15, -0.1) is 11.3 Å². The summed E-state index contributed by atoms with van der Waals surface area (Å²) in [6, 6.07) is 17.2. The maximum absolute atomic E-state index is 14.0. The maximum atomic E-state index is 14.0. The molecule has 33 heavy (non-hydrogen) atoms. The van der Waals surface area contributed by atoms with Crippen LogP contribution in [0.15, 0.2) is 54.6 Å². The summed E-state index contributed by atoms with van der Waals surface area (Å²) in [6.07, 6.45) is 0.887. The first-order chi connectivity index (χ1) is 16.1. The number of aromatic nitrogens is 1. The minimum Gasteiger partial charge on any atom is -0.367 e. The molecule has 0 atom stereocenters. The Morgan fingerprint density at radius 2 is 1.88 bits per heavy atom. The molecule has 0 aliphatic carbocycles. The third kappa shape index (κ3) is 4.84. The van der Waals surface area contributed by atoms with Gasteiger partial charge >= 0.3 is 0 Å². The Balaban J connectivity index is 1.10. The summed E-state index contributed by atoms with van der Waals surface area (Å²) in [5.41, 5.74) is 2.83. The molecule has 5 rings (SSSR count). The number of rotatable bonds is 6. The van der Waals surface area contributed by atoms with Crippen molar-refractivity contribution in [3.05, 3.63) is 70.9 Å². The van der Waals surface area contributed by atoms with Gasteiger partial charge in [-0.2, -0.15) is 0 Å². The van der Waals surface area contributed by atoms with E-state index < -0.39 is 0 Å². The van der Waals surface area contributed by atoms with Gasteiger partial charge in [-0.25, -0.2) is 9.37 Å². The molecule has 0 radical (unpaired) electrons. The van der Waals surface area contributed by atoms with E-state index >= 15 is 0 Å². The molecule has 0 spiro atoms. The average Bonchev–Trinajstić information content (AvgIpc) is 3.24. The Hall–Kier alpha value is -3.03. The molecule has 1 aliphatic rings. The van der Waals surface area contributed by atoms with Crippen molar-refractivity contribution in [2.45, 2.75) is 13.3 Å². The van der Waals surface area contributed by atoms with Crippen LogP contribution >= 0.6 is 11.3 Å². The third-order valence-corrected chi connectivity index (χ3v) is 7.23. The standard InChI is InChI=1S/C26H27FN4OS/c1-18-7-8-19-16-20-17-24(33-26(20)29-22(19)15-18)25(32)28-9-4-10-30-11-13-31(14-12-30)23-6-3-2-5-21(23)27/h2-3,5-8,15-17H,4,9-14H2,1H3,(H,28,32). The highest BCUT2D eigenvalue weighted by atomic mass is 32.1. The normalized spacial score (nSPS) is 14.8. The number of para-hydroxylation sites is 1. The van der Waals surface area contributed by atoms with Crippen LogP contribution in [-0.4, -0.2) is 55.1 Å². The van der Waals surface area contributed by atoms with Crippen LogP contribution in [0.3, 0.4) is 0 Å². The zero-order valence-corrected chi connectivity index (χ0v) is 19.5. The molecule has 0 bridgehead atoms. The number of halogens is 1. The van der Waals surface area contributed by atoms with E-state index in [4.69, 9.17) is 4.98 Å². The number of nitrogens with zero attached hydrogens (tertiary/aromatic N) is 3. The molecule has 2 aromatic carbocycles. The van der Waals surface area contributed by atoms with E-state index in [9.17, 15) is 9.18 Å². The fourth-order valence-electron chi connectivity index (χ4n) is 4.36. The highest BCUT2D eigenvalue weighted by molar-refractivity contribution is 7.20. The number of carbonyl (C=O) groups excluding carboxylic acids is 1. The molecule has 1 aliphatic heterocycles. The first-order valence-corrected chi connectivity index (χ1v) is 12.2. The number of hydrogen-bond acceptors (Lipinski definition) is 5. The van der Waals surface area contributed by atoms with Gasteiger partial charge in [0, 0.05) is 43.5 Å². The van der Waals surface area contributed by atoms with Crippen molar-refractivity contribution in [2.75, 3.05) is 44.2 Å².